The summed E-state index contributed by atoms with van der Waals surface area (Å²) >= 11 is 0. The average Bonchev–Trinajstić information content (AvgIpc) is 3.09. The van der Waals surface area contributed by atoms with Gasteiger partial charge in [-0.15, -0.1) is 0 Å². The normalized spacial score (nSPS) is 22.2. The van der Waals surface area contributed by atoms with Crippen molar-refractivity contribution in [2.24, 2.45) is 0 Å². The van der Waals surface area contributed by atoms with Gasteiger partial charge in [0.25, 0.3) is 0 Å². The van der Waals surface area contributed by atoms with Gasteiger partial charge in [0.05, 0.1) is 23.8 Å². The number of ether oxygens (including phenoxy) is 1. The third-order valence-electron chi connectivity index (χ3n) is 4.76. The molecule has 2 aliphatic heterocycles. The molecule has 0 saturated carbocycles. The highest BCUT2D eigenvalue weighted by atomic mass is 32.2. The molecule has 0 amide bonds. The lowest BCUT2D eigenvalue weighted by atomic mass is 10.2. The third-order valence-corrected chi connectivity index (χ3v) is 7.79. The van der Waals surface area contributed by atoms with E-state index in [1.165, 1.54) is 18.2 Å². The second kappa shape index (κ2) is 7.17. The first-order valence-corrected chi connectivity index (χ1v) is 12.0. The van der Waals surface area contributed by atoms with Crippen LogP contribution in [0.4, 0.5) is 5.69 Å². The number of anilines is 1. The number of fused-ring (bicyclic) bond motifs is 3. The molecule has 1 fully saturated rings. The Kier molecular flexibility index (Phi) is 4.97. The first-order valence-electron chi connectivity index (χ1n) is 8.99. The van der Waals surface area contributed by atoms with E-state index >= 15 is 0 Å². The maximum Gasteiger partial charge on any atom is 0.358 e. The van der Waals surface area contributed by atoms with Gasteiger partial charge < -0.3 is 19.1 Å². The largest absolute Gasteiger partial charge is 0.457 e. The molecule has 0 aromatic heterocycles. The fourth-order valence-electron chi connectivity index (χ4n) is 3.54. The highest BCUT2D eigenvalue weighted by Gasteiger charge is 2.37. The second-order valence-electron chi connectivity index (χ2n) is 6.64. The zero-order chi connectivity index (χ0) is 19.9. The lowest BCUT2D eigenvalue weighted by Gasteiger charge is -2.33. The molecular formula is C18H21N2O6PS. The number of hydrogen-bond donors (Lipinski definition) is 2. The molecule has 0 spiro atoms. The van der Waals surface area contributed by atoms with Gasteiger partial charge in [0.1, 0.15) is 16.4 Å². The number of hydrogen-bond acceptors (Lipinski definition) is 6. The summed E-state index contributed by atoms with van der Waals surface area (Å²) in [5.41, 5.74) is 0.665. The van der Waals surface area contributed by atoms with Crippen LogP contribution in [0.15, 0.2) is 47.4 Å². The van der Waals surface area contributed by atoms with Crippen LogP contribution in [0, 0.1) is 0 Å². The Labute approximate surface area is 163 Å². The van der Waals surface area contributed by atoms with E-state index in [9.17, 15) is 17.9 Å². The van der Waals surface area contributed by atoms with Crippen molar-refractivity contribution in [3.05, 3.63) is 42.5 Å². The van der Waals surface area contributed by atoms with Crippen molar-refractivity contribution in [2.45, 2.75) is 30.8 Å². The molecule has 4 rings (SSSR count). The monoisotopic (exact) mass is 424 g/mol. The fraction of sp³-hybridized carbons (Fsp3) is 0.333. The number of rotatable bonds is 5. The summed E-state index contributed by atoms with van der Waals surface area (Å²) in [6.07, 6.45) is 1.52. The van der Waals surface area contributed by atoms with Crippen molar-refractivity contribution in [3.8, 4) is 11.5 Å². The van der Waals surface area contributed by atoms with Crippen molar-refractivity contribution in [3.63, 3.8) is 0 Å². The van der Waals surface area contributed by atoms with E-state index in [4.69, 9.17) is 9.26 Å². The van der Waals surface area contributed by atoms with Crippen molar-refractivity contribution >= 4 is 28.6 Å². The predicted molar refractivity (Wildman–Crippen MR) is 105 cm³/mol. The van der Waals surface area contributed by atoms with E-state index in [0.717, 1.165) is 19.4 Å². The Balaban J connectivity index is 1.65. The highest BCUT2D eigenvalue weighted by molar-refractivity contribution is 7.89. The van der Waals surface area contributed by atoms with Crippen LogP contribution in [0.25, 0.3) is 0 Å². The molecule has 150 valence electrons. The van der Waals surface area contributed by atoms with E-state index in [0.29, 0.717) is 17.2 Å². The zero-order valence-corrected chi connectivity index (χ0v) is 16.9. The van der Waals surface area contributed by atoms with Gasteiger partial charge in [0, 0.05) is 12.6 Å². The molecule has 2 N–H and O–H groups in total. The average molecular weight is 424 g/mol. The second-order valence-corrected chi connectivity index (χ2v) is 10.1. The molecule has 8 nitrogen and oxygen atoms in total. The Morgan fingerprint density at radius 3 is 2.82 bits per heavy atom. The van der Waals surface area contributed by atoms with Crippen LogP contribution < -0.4 is 19.7 Å². The van der Waals surface area contributed by atoms with E-state index in [-0.39, 0.29) is 23.0 Å². The molecule has 2 unspecified atom stereocenters. The molecule has 2 aromatic carbocycles. The first kappa shape index (κ1) is 19.4. The van der Waals surface area contributed by atoms with Gasteiger partial charge in [-0.1, -0.05) is 6.07 Å². The van der Waals surface area contributed by atoms with Gasteiger partial charge in [-0.25, -0.2) is 8.42 Å². The number of nitrogens with zero attached hydrogens (tertiary/aromatic N) is 1. The molecular weight excluding hydrogens is 403 g/mol. The van der Waals surface area contributed by atoms with Crippen molar-refractivity contribution in [1.29, 1.82) is 0 Å². The molecule has 2 heterocycles. The lowest BCUT2D eigenvalue weighted by Crippen LogP contribution is -2.48. The number of nitrogens with one attached hydrogen (secondary N) is 1. The quantitative estimate of drug-likeness (QED) is 0.711. The van der Waals surface area contributed by atoms with Gasteiger partial charge in [0.15, 0.2) is 0 Å². The predicted octanol–water partition coefficient (Wildman–Crippen LogP) is 2.54. The van der Waals surface area contributed by atoms with Crippen molar-refractivity contribution in [1.82, 2.24) is 4.72 Å². The molecule has 2 atom stereocenters. The van der Waals surface area contributed by atoms with E-state index < -0.39 is 17.6 Å². The van der Waals surface area contributed by atoms with E-state index in [1.54, 1.807) is 31.2 Å². The maximum atomic E-state index is 12.6. The van der Waals surface area contributed by atoms with Crippen molar-refractivity contribution < 1.29 is 27.1 Å². The van der Waals surface area contributed by atoms with Crippen molar-refractivity contribution in [2.75, 3.05) is 18.1 Å². The molecule has 28 heavy (non-hydrogen) atoms. The minimum absolute atomic E-state index is 0.103. The first-order chi connectivity index (χ1) is 13.3. The minimum Gasteiger partial charge on any atom is -0.457 e. The van der Waals surface area contributed by atoms with Gasteiger partial charge in [-0.2, -0.15) is 4.72 Å². The minimum atomic E-state index is -3.92. The molecule has 2 aliphatic rings. The van der Waals surface area contributed by atoms with Crippen LogP contribution in [0.3, 0.4) is 0 Å². The maximum absolute atomic E-state index is 12.6. The smallest absolute Gasteiger partial charge is 0.358 e. The van der Waals surface area contributed by atoms with Gasteiger partial charge in [-0.3, -0.25) is 4.57 Å². The molecule has 0 aliphatic carbocycles. The Bertz CT molecular complexity index is 1060. The van der Waals surface area contributed by atoms with Gasteiger partial charge in [-0.05, 0) is 50.1 Å². The van der Waals surface area contributed by atoms with Gasteiger partial charge in [0.2, 0.25) is 10.0 Å². The molecule has 1 saturated heterocycles. The number of sulfonamides is 1. The molecule has 2 aromatic rings. The summed E-state index contributed by atoms with van der Waals surface area (Å²) in [5, 5.41) is 0.110. The van der Waals surface area contributed by atoms with Crippen LogP contribution in [0.2, 0.25) is 0 Å². The summed E-state index contributed by atoms with van der Waals surface area (Å²) in [6.45, 7) is 2.54. The van der Waals surface area contributed by atoms with Gasteiger partial charge >= 0.3 is 7.60 Å². The number of benzene rings is 2. The Morgan fingerprint density at radius 1 is 1.25 bits per heavy atom. The third kappa shape index (κ3) is 3.56. The topological polar surface area (TPSA) is 105 Å². The Hall–Kier alpha value is -1.90. The van der Waals surface area contributed by atoms with Crippen LogP contribution in [0.5, 0.6) is 11.5 Å². The van der Waals surface area contributed by atoms with Crippen LogP contribution in [-0.4, -0.2) is 32.6 Å². The Morgan fingerprint density at radius 2 is 2.04 bits per heavy atom. The standard InChI is InChI=1S/C18H21N2O6PS/c1-2-25-27(21,22)15-6-3-5-13(11-15)26-14-8-9-16-17(12-14)28(23,24)19-18-7-4-10-20(16)18/h3,5-6,8-9,11-12,18-19H,2,4,7,10H2,1H3,(H,21,22). The molecule has 10 heteroatoms. The van der Waals surface area contributed by atoms with Crippen LogP contribution in [-0.2, 0) is 19.1 Å². The van der Waals surface area contributed by atoms with Crippen LogP contribution in [0.1, 0.15) is 19.8 Å². The summed E-state index contributed by atoms with van der Waals surface area (Å²) in [5.74, 6) is 0.634. The summed E-state index contributed by atoms with van der Waals surface area (Å²) < 4.78 is 50.8. The zero-order valence-electron chi connectivity index (χ0n) is 15.2. The molecule has 0 bridgehead atoms. The lowest BCUT2D eigenvalue weighted by molar-refractivity contribution is 0.284. The summed E-state index contributed by atoms with van der Waals surface area (Å²) in [6, 6.07) is 11.0. The molecule has 0 radical (unpaired) electrons. The van der Waals surface area contributed by atoms with Crippen LogP contribution >= 0.6 is 7.60 Å². The highest BCUT2D eigenvalue weighted by Crippen LogP contribution is 2.42. The van der Waals surface area contributed by atoms with E-state index in [1.807, 2.05) is 4.90 Å². The summed E-state index contributed by atoms with van der Waals surface area (Å²) in [4.78, 5) is 12.2. The van der Waals surface area contributed by atoms with E-state index in [2.05, 4.69) is 4.72 Å². The summed E-state index contributed by atoms with van der Waals surface area (Å²) in [7, 11) is -7.55. The fourth-order valence-corrected chi connectivity index (χ4v) is 6.07. The SMILES string of the molecule is CCOP(=O)(O)c1cccc(Oc2ccc3c(c2)S(=O)(=O)NC2CCCN32)c1.